The predicted molar refractivity (Wildman–Crippen MR) is 90.2 cm³/mol. The largest absolute Gasteiger partial charge is 0.487 e. The number of aliphatic hydroxyl groups excluding tert-OH is 1. The van der Waals surface area contributed by atoms with E-state index in [9.17, 15) is 5.11 Å². The summed E-state index contributed by atoms with van der Waals surface area (Å²) in [6, 6.07) is 7.54. The molecule has 1 saturated heterocycles. The molecule has 0 bridgehead atoms. The van der Waals surface area contributed by atoms with Gasteiger partial charge in [0.15, 0.2) is 11.5 Å². The fraction of sp³-hybridized carbons (Fsp3) is 0.667. The first-order chi connectivity index (χ1) is 10.9. The molecule has 23 heavy (non-hydrogen) atoms. The van der Waals surface area contributed by atoms with E-state index < -0.39 is 6.10 Å². The maximum atomic E-state index is 10.0. The van der Waals surface area contributed by atoms with Crippen molar-refractivity contribution in [2.75, 3.05) is 26.4 Å². The highest BCUT2D eigenvalue weighted by molar-refractivity contribution is 5.39. The summed E-state index contributed by atoms with van der Waals surface area (Å²) in [5.41, 5.74) is -0.0245. The highest BCUT2D eigenvalue weighted by Gasteiger charge is 2.17. The van der Waals surface area contributed by atoms with Crippen molar-refractivity contribution in [3.05, 3.63) is 24.3 Å². The van der Waals surface area contributed by atoms with Crippen LogP contribution in [0.3, 0.4) is 0 Å². The van der Waals surface area contributed by atoms with Gasteiger partial charge in [0.25, 0.3) is 0 Å². The van der Waals surface area contributed by atoms with E-state index >= 15 is 0 Å². The summed E-state index contributed by atoms with van der Waals surface area (Å²) in [4.78, 5) is 0. The van der Waals surface area contributed by atoms with Crippen molar-refractivity contribution in [2.24, 2.45) is 0 Å². The zero-order valence-corrected chi connectivity index (χ0v) is 14.4. The quantitative estimate of drug-likeness (QED) is 0.769. The molecule has 130 valence electrons. The predicted octanol–water partition coefficient (Wildman–Crippen LogP) is 2.37. The molecule has 0 saturated carbocycles. The van der Waals surface area contributed by atoms with E-state index in [1.165, 1.54) is 0 Å². The third kappa shape index (κ3) is 6.77. The number of benzene rings is 1. The van der Waals surface area contributed by atoms with Gasteiger partial charge in [-0.2, -0.15) is 0 Å². The van der Waals surface area contributed by atoms with Crippen molar-refractivity contribution < 1.29 is 19.3 Å². The summed E-state index contributed by atoms with van der Waals surface area (Å²) in [5, 5.41) is 13.3. The third-order valence-electron chi connectivity index (χ3n) is 3.60. The molecule has 0 unspecified atom stereocenters. The summed E-state index contributed by atoms with van der Waals surface area (Å²) in [6.45, 7) is 8.26. The first-order valence-electron chi connectivity index (χ1n) is 8.33. The van der Waals surface area contributed by atoms with Gasteiger partial charge in [0.2, 0.25) is 0 Å². The number of nitrogens with one attached hydrogen (secondary N) is 1. The normalized spacial score (nSPS) is 19.6. The molecule has 0 aliphatic carbocycles. The Kier molecular flexibility index (Phi) is 6.69. The molecule has 0 amide bonds. The van der Waals surface area contributed by atoms with Gasteiger partial charge in [-0.25, -0.2) is 0 Å². The average molecular weight is 323 g/mol. The van der Waals surface area contributed by atoms with Crippen LogP contribution in [0.5, 0.6) is 11.5 Å². The van der Waals surface area contributed by atoms with Crippen molar-refractivity contribution in [1.82, 2.24) is 5.32 Å². The van der Waals surface area contributed by atoms with E-state index in [1.54, 1.807) is 0 Å². The smallest absolute Gasteiger partial charge is 0.161 e. The van der Waals surface area contributed by atoms with Gasteiger partial charge < -0.3 is 24.6 Å². The zero-order valence-electron chi connectivity index (χ0n) is 14.4. The minimum Gasteiger partial charge on any atom is -0.487 e. The van der Waals surface area contributed by atoms with Crippen molar-refractivity contribution in [3.8, 4) is 11.5 Å². The van der Waals surface area contributed by atoms with Crippen LogP contribution >= 0.6 is 0 Å². The van der Waals surface area contributed by atoms with Gasteiger partial charge in [0.05, 0.1) is 6.10 Å². The number of hydrogen-bond acceptors (Lipinski definition) is 5. The molecule has 2 N–H and O–H groups in total. The summed E-state index contributed by atoms with van der Waals surface area (Å²) in [6.07, 6.45) is 1.74. The molecule has 1 fully saturated rings. The Balaban J connectivity index is 1.79. The topological polar surface area (TPSA) is 60.0 Å². The fourth-order valence-corrected chi connectivity index (χ4v) is 2.32. The molecule has 0 radical (unpaired) electrons. The molecule has 0 spiro atoms. The average Bonchev–Trinajstić information content (AvgIpc) is 3.02. The Hall–Kier alpha value is -1.30. The van der Waals surface area contributed by atoms with E-state index in [0.717, 1.165) is 19.4 Å². The Morgan fingerprint density at radius 1 is 1.26 bits per heavy atom. The second kappa shape index (κ2) is 8.52. The standard InChI is InChI=1S/C18H29NO4/c1-18(2,3)19-11-14(20)12-22-16-8-4-5-9-17(16)23-13-15-7-6-10-21-15/h4-5,8-9,14-15,19-20H,6-7,10-13H2,1-3H3/t14-,15-/m1/s1. The van der Waals surface area contributed by atoms with Crippen LogP contribution in [-0.2, 0) is 4.74 Å². The van der Waals surface area contributed by atoms with E-state index in [0.29, 0.717) is 24.7 Å². The lowest BCUT2D eigenvalue weighted by Gasteiger charge is -2.23. The van der Waals surface area contributed by atoms with Gasteiger partial charge in [-0.15, -0.1) is 0 Å². The molecule has 2 atom stereocenters. The van der Waals surface area contributed by atoms with E-state index in [4.69, 9.17) is 14.2 Å². The second-order valence-electron chi connectivity index (χ2n) is 6.99. The van der Waals surface area contributed by atoms with Gasteiger partial charge >= 0.3 is 0 Å². The number of para-hydroxylation sites is 2. The third-order valence-corrected chi connectivity index (χ3v) is 3.60. The van der Waals surface area contributed by atoms with Gasteiger partial charge in [-0.05, 0) is 45.7 Å². The second-order valence-corrected chi connectivity index (χ2v) is 6.99. The first-order valence-corrected chi connectivity index (χ1v) is 8.33. The van der Waals surface area contributed by atoms with Gasteiger partial charge in [-0.3, -0.25) is 0 Å². The Morgan fingerprint density at radius 3 is 2.57 bits per heavy atom. The van der Waals surface area contributed by atoms with Crippen LogP contribution in [0, 0.1) is 0 Å². The minimum absolute atomic E-state index is 0.0245. The lowest BCUT2D eigenvalue weighted by Crippen LogP contribution is -2.42. The highest BCUT2D eigenvalue weighted by atomic mass is 16.6. The number of rotatable bonds is 8. The molecule has 5 nitrogen and oxygen atoms in total. The molecule has 2 rings (SSSR count). The fourth-order valence-electron chi connectivity index (χ4n) is 2.32. The van der Waals surface area contributed by atoms with Crippen LogP contribution in [0.4, 0.5) is 0 Å². The number of aliphatic hydroxyl groups is 1. The molecule has 0 aromatic heterocycles. The Bertz CT molecular complexity index is 466. The molecule has 1 aromatic carbocycles. The summed E-state index contributed by atoms with van der Waals surface area (Å²) >= 11 is 0. The monoisotopic (exact) mass is 323 g/mol. The molecular weight excluding hydrogens is 294 g/mol. The van der Waals surface area contributed by atoms with Crippen LogP contribution in [-0.4, -0.2) is 49.2 Å². The SMILES string of the molecule is CC(C)(C)NC[C@@H](O)COc1ccccc1OC[C@H]1CCCO1. The lowest BCUT2D eigenvalue weighted by atomic mass is 10.1. The van der Waals surface area contributed by atoms with Crippen molar-refractivity contribution in [3.63, 3.8) is 0 Å². The van der Waals surface area contributed by atoms with Gasteiger partial charge in [-0.1, -0.05) is 12.1 Å². The molecule has 5 heteroatoms. The molecule has 1 aromatic rings. The van der Waals surface area contributed by atoms with Crippen molar-refractivity contribution in [1.29, 1.82) is 0 Å². The molecule has 1 heterocycles. The van der Waals surface area contributed by atoms with Crippen LogP contribution in [0.1, 0.15) is 33.6 Å². The zero-order chi connectivity index (χ0) is 16.7. The number of hydrogen-bond donors (Lipinski definition) is 2. The molecule has 1 aliphatic heterocycles. The summed E-state index contributed by atoms with van der Waals surface area (Å²) in [5.74, 6) is 1.35. The highest BCUT2D eigenvalue weighted by Crippen LogP contribution is 2.27. The van der Waals surface area contributed by atoms with E-state index in [2.05, 4.69) is 26.1 Å². The van der Waals surface area contributed by atoms with Crippen molar-refractivity contribution >= 4 is 0 Å². The lowest BCUT2D eigenvalue weighted by molar-refractivity contribution is 0.0644. The number of ether oxygens (including phenoxy) is 3. The van der Waals surface area contributed by atoms with Crippen LogP contribution < -0.4 is 14.8 Å². The number of β-amino-alcohol motifs (C(OH)–C–C–N with tert-alkyl or cyclic N) is 1. The van der Waals surface area contributed by atoms with E-state index in [1.807, 2.05) is 24.3 Å². The van der Waals surface area contributed by atoms with E-state index in [-0.39, 0.29) is 18.2 Å². The maximum absolute atomic E-state index is 10.0. The maximum Gasteiger partial charge on any atom is 0.161 e. The van der Waals surface area contributed by atoms with Crippen LogP contribution in [0.25, 0.3) is 0 Å². The molecular formula is C18H29NO4. The first kappa shape index (κ1) is 18.0. The van der Waals surface area contributed by atoms with Gasteiger partial charge in [0, 0.05) is 18.7 Å². The van der Waals surface area contributed by atoms with Crippen LogP contribution in [0.15, 0.2) is 24.3 Å². The van der Waals surface area contributed by atoms with Crippen LogP contribution in [0.2, 0.25) is 0 Å². The minimum atomic E-state index is -0.569. The summed E-state index contributed by atoms with van der Waals surface area (Å²) in [7, 11) is 0. The summed E-state index contributed by atoms with van der Waals surface area (Å²) < 4.78 is 17.1. The Morgan fingerprint density at radius 2 is 1.96 bits per heavy atom. The van der Waals surface area contributed by atoms with Gasteiger partial charge in [0.1, 0.15) is 19.3 Å². The molecule has 1 aliphatic rings. The Labute approximate surface area is 138 Å². The van der Waals surface area contributed by atoms with Crippen molar-refractivity contribution in [2.45, 2.75) is 51.4 Å².